The molecule has 45 heavy (non-hydrogen) atoms. The van der Waals surface area contributed by atoms with Crippen molar-refractivity contribution in [1.82, 2.24) is 5.32 Å². The molecule has 0 aromatic carbocycles. The van der Waals surface area contributed by atoms with Gasteiger partial charge in [0, 0.05) is 7.11 Å². The maximum Gasteiger partial charge on any atom is 0.187 e. The van der Waals surface area contributed by atoms with Crippen molar-refractivity contribution in [3.05, 3.63) is 11.6 Å². The van der Waals surface area contributed by atoms with Gasteiger partial charge in [0.05, 0.1) is 38.0 Å². The largest absolute Gasteiger partial charge is 0.394 e. The van der Waals surface area contributed by atoms with Crippen LogP contribution in [0.1, 0.15) is 6.92 Å². The maximum atomic E-state index is 10.9. The summed E-state index contributed by atoms with van der Waals surface area (Å²) in [7, 11) is 1.21. The molecule has 19 atom stereocenters. The molecular weight excluding hydrogens is 614 g/mol. The third-order valence-electron chi connectivity index (χ3n) is 8.69. The molecule has 11 unspecified atom stereocenters. The lowest BCUT2D eigenvalue weighted by atomic mass is 9.86. The van der Waals surface area contributed by atoms with Crippen molar-refractivity contribution in [3.8, 4) is 0 Å². The molecule has 0 amide bonds. The van der Waals surface area contributed by atoms with Gasteiger partial charge in [-0.05, 0) is 12.5 Å². The lowest BCUT2D eigenvalue weighted by Gasteiger charge is -2.48. The van der Waals surface area contributed by atoms with Crippen molar-refractivity contribution in [3.63, 3.8) is 0 Å². The van der Waals surface area contributed by atoms with Gasteiger partial charge in [-0.2, -0.15) is 0 Å². The third-order valence-corrected chi connectivity index (χ3v) is 8.69. The Balaban J connectivity index is 1.42. The molecule has 4 rings (SSSR count). The fourth-order valence-corrected chi connectivity index (χ4v) is 5.99. The SMILES string of the molecule is COC1OC(CO)C(O[C@@H]2O[C@H](CO)C(O[C@@H]3OC(C)[C@@H](NC4C=C(CO)C(O)[C@H](O)C4O)C(O)[C@H]3O)[C@H](O)C2O)C(O)[C@H]1O. The normalized spacial score (nSPS) is 51.2. The Hall–Kier alpha value is -1.02. The second-order valence-corrected chi connectivity index (χ2v) is 11.6. The topological polar surface area (TPSA) is 310 Å². The Bertz CT molecular complexity index is 974. The standard InChI is InChI=1S/C26H45NO18/c1-7-12(27-9-3-8(4-28)13(31)16(34)14(9)32)15(33)19(37)25(41-7)44-23-11(6-30)43-26(21(39)18(23)36)45-22-10(5-29)42-24(40-2)20(38)17(22)35/h3,7,9-39H,4-6H2,1-2H3/t7?,9?,10?,11-,12-,13?,14?,15?,16+,17?,18-,19-,20-,21?,22?,23?,24?,25+,26+/m1/s1. The maximum absolute atomic E-state index is 10.9. The predicted molar refractivity (Wildman–Crippen MR) is 143 cm³/mol. The van der Waals surface area contributed by atoms with Crippen LogP contribution in [-0.4, -0.2) is 205 Å². The number of ether oxygens (including phenoxy) is 6. The molecule has 3 saturated heterocycles. The molecular formula is C26H45NO18. The van der Waals surface area contributed by atoms with Crippen molar-refractivity contribution in [2.75, 3.05) is 26.9 Å². The van der Waals surface area contributed by atoms with E-state index >= 15 is 0 Å². The smallest absolute Gasteiger partial charge is 0.187 e. The monoisotopic (exact) mass is 659 g/mol. The van der Waals surface area contributed by atoms with E-state index in [4.69, 9.17) is 28.4 Å². The van der Waals surface area contributed by atoms with E-state index in [0.29, 0.717) is 0 Å². The van der Waals surface area contributed by atoms with Crippen molar-refractivity contribution < 1.29 is 89.7 Å². The molecule has 19 nitrogen and oxygen atoms in total. The van der Waals surface area contributed by atoms with Gasteiger partial charge in [-0.15, -0.1) is 0 Å². The van der Waals surface area contributed by atoms with E-state index < -0.39 is 136 Å². The second-order valence-electron chi connectivity index (χ2n) is 11.6. The Morgan fingerprint density at radius 3 is 1.64 bits per heavy atom. The van der Waals surface area contributed by atoms with E-state index in [1.54, 1.807) is 0 Å². The summed E-state index contributed by atoms with van der Waals surface area (Å²) in [4.78, 5) is 0. The molecule has 19 heteroatoms. The summed E-state index contributed by atoms with van der Waals surface area (Å²) >= 11 is 0. The highest BCUT2D eigenvalue weighted by atomic mass is 16.8. The number of aliphatic hydroxyl groups excluding tert-OH is 12. The number of rotatable bonds is 10. The van der Waals surface area contributed by atoms with Gasteiger partial charge in [0.1, 0.15) is 79.4 Å². The van der Waals surface area contributed by atoms with Crippen molar-refractivity contribution >= 4 is 0 Å². The summed E-state index contributed by atoms with van der Waals surface area (Å²) < 4.78 is 32.9. The Morgan fingerprint density at radius 2 is 1.13 bits per heavy atom. The predicted octanol–water partition coefficient (Wildman–Crippen LogP) is -7.91. The Kier molecular flexibility index (Phi) is 12.7. The van der Waals surface area contributed by atoms with E-state index in [-0.39, 0.29) is 5.57 Å². The van der Waals surface area contributed by atoms with E-state index in [0.717, 1.165) is 0 Å². The average Bonchev–Trinajstić information content (AvgIpc) is 3.03. The van der Waals surface area contributed by atoms with Crippen LogP contribution in [0.3, 0.4) is 0 Å². The molecule has 0 saturated carbocycles. The van der Waals surface area contributed by atoms with Crippen LogP contribution < -0.4 is 5.32 Å². The fourth-order valence-electron chi connectivity index (χ4n) is 5.99. The summed E-state index contributed by atoms with van der Waals surface area (Å²) in [5.41, 5.74) is 0.0286. The fraction of sp³-hybridized carbons (Fsp3) is 0.923. The van der Waals surface area contributed by atoms with Gasteiger partial charge < -0.3 is 95.0 Å². The molecule has 13 N–H and O–H groups in total. The zero-order valence-electron chi connectivity index (χ0n) is 24.5. The minimum atomic E-state index is -1.90. The van der Waals surface area contributed by atoms with Crippen LogP contribution in [0.15, 0.2) is 11.6 Å². The minimum Gasteiger partial charge on any atom is -0.394 e. The molecule has 262 valence electrons. The number of aliphatic hydroxyl groups is 12. The first-order valence-electron chi connectivity index (χ1n) is 14.5. The first kappa shape index (κ1) is 36.8. The zero-order chi connectivity index (χ0) is 33.3. The first-order chi connectivity index (χ1) is 21.3. The van der Waals surface area contributed by atoms with Crippen molar-refractivity contribution in [2.45, 2.75) is 123 Å². The van der Waals surface area contributed by atoms with Gasteiger partial charge in [0.15, 0.2) is 18.9 Å². The average molecular weight is 660 g/mol. The molecule has 3 fully saturated rings. The van der Waals surface area contributed by atoms with Crippen LogP contribution in [0.2, 0.25) is 0 Å². The third kappa shape index (κ3) is 7.37. The Labute approximate surface area is 257 Å². The second kappa shape index (κ2) is 15.5. The van der Waals surface area contributed by atoms with Crippen LogP contribution in [0.4, 0.5) is 0 Å². The van der Waals surface area contributed by atoms with E-state index in [1.807, 2.05) is 0 Å². The van der Waals surface area contributed by atoms with Crippen LogP contribution in [0.5, 0.6) is 0 Å². The van der Waals surface area contributed by atoms with Gasteiger partial charge in [0.25, 0.3) is 0 Å². The summed E-state index contributed by atoms with van der Waals surface area (Å²) in [6.07, 6.45) is -25.2. The summed E-state index contributed by atoms with van der Waals surface area (Å²) in [6.45, 7) is -0.630. The first-order valence-corrected chi connectivity index (χ1v) is 14.5. The molecule has 1 aliphatic carbocycles. The van der Waals surface area contributed by atoms with Crippen LogP contribution in [0, 0.1) is 0 Å². The molecule has 0 aromatic heterocycles. The van der Waals surface area contributed by atoms with Crippen molar-refractivity contribution in [2.24, 2.45) is 0 Å². The molecule has 3 aliphatic heterocycles. The highest BCUT2D eigenvalue weighted by Gasteiger charge is 2.53. The highest BCUT2D eigenvalue weighted by molar-refractivity contribution is 5.22. The van der Waals surface area contributed by atoms with Gasteiger partial charge in [-0.3, -0.25) is 0 Å². The van der Waals surface area contributed by atoms with Gasteiger partial charge >= 0.3 is 0 Å². The van der Waals surface area contributed by atoms with Gasteiger partial charge in [-0.1, -0.05) is 6.08 Å². The summed E-state index contributed by atoms with van der Waals surface area (Å²) in [6, 6.07) is -2.15. The van der Waals surface area contributed by atoms with E-state index in [1.165, 1.54) is 20.1 Å². The van der Waals surface area contributed by atoms with Crippen molar-refractivity contribution in [1.29, 1.82) is 0 Å². The summed E-state index contributed by atoms with van der Waals surface area (Å²) in [5, 5.41) is 127. The lowest BCUT2D eigenvalue weighted by Crippen LogP contribution is -2.68. The van der Waals surface area contributed by atoms with Crippen LogP contribution >= 0.6 is 0 Å². The quantitative estimate of drug-likeness (QED) is 0.0968. The van der Waals surface area contributed by atoms with Gasteiger partial charge in [-0.25, -0.2) is 0 Å². The summed E-state index contributed by atoms with van der Waals surface area (Å²) in [5.74, 6) is 0. The van der Waals surface area contributed by atoms with E-state index in [2.05, 4.69) is 5.32 Å². The number of nitrogens with one attached hydrogen (secondary N) is 1. The lowest BCUT2D eigenvalue weighted by molar-refractivity contribution is -0.375. The van der Waals surface area contributed by atoms with E-state index in [9.17, 15) is 61.3 Å². The molecule has 0 aromatic rings. The minimum absolute atomic E-state index is 0.0286. The van der Waals surface area contributed by atoms with Crippen LogP contribution in [-0.2, 0) is 28.4 Å². The number of hydrogen-bond donors (Lipinski definition) is 13. The molecule has 0 spiro atoms. The molecule has 0 radical (unpaired) electrons. The van der Waals surface area contributed by atoms with Gasteiger partial charge in [0.2, 0.25) is 0 Å². The molecule has 3 heterocycles. The molecule has 4 aliphatic rings. The zero-order valence-corrected chi connectivity index (χ0v) is 24.5. The Morgan fingerprint density at radius 1 is 0.644 bits per heavy atom. The highest BCUT2D eigenvalue weighted by Crippen LogP contribution is 2.33. The number of methoxy groups -OCH3 is 1. The van der Waals surface area contributed by atoms with Crippen LogP contribution in [0.25, 0.3) is 0 Å². The number of hydrogen-bond acceptors (Lipinski definition) is 19. The molecule has 0 bridgehead atoms.